The molecule has 0 aliphatic heterocycles. The summed E-state index contributed by atoms with van der Waals surface area (Å²) in [6.07, 6.45) is 2.40. The van der Waals surface area contributed by atoms with E-state index in [0.717, 1.165) is 5.57 Å². The van der Waals surface area contributed by atoms with Crippen molar-refractivity contribution in [1.29, 1.82) is 0 Å². The van der Waals surface area contributed by atoms with E-state index in [1.165, 1.54) is 29.5 Å². The minimum absolute atomic E-state index is 1.14. The van der Waals surface area contributed by atoms with E-state index in [1.807, 2.05) is 6.92 Å². The normalized spacial score (nSPS) is 10.1. The van der Waals surface area contributed by atoms with Crippen LogP contribution in [0.3, 0.4) is 0 Å². The van der Waals surface area contributed by atoms with Crippen LogP contribution in [-0.4, -0.2) is 0 Å². The van der Waals surface area contributed by atoms with Gasteiger partial charge in [-0.25, -0.2) is 0 Å². The lowest BCUT2D eigenvalue weighted by Crippen LogP contribution is -1.90. The maximum absolute atomic E-state index is 3.94. The van der Waals surface area contributed by atoms with Gasteiger partial charge in [0.15, 0.2) is 0 Å². The van der Waals surface area contributed by atoms with E-state index in [2.05, 4.69) is 38.6 Å². The van der Waals surface area contributed by atoms with Crippen molar-refractivity contribution in [3.8, 4) is 0 Å². The van der Waals surface area contributed by atoms with Crippen LogP contribution in [0.15, 0.2) is 24.8 Å². The van der Waals surface area contributed by atoms with Crippen molar-refractivity contribution in [1.82, 2.24) is 0 Å². The third-order valence-corrected chi connectivity index (χ3v) is 2.35. The zero-order valence-electron chi connectivity index (χ0n) is 8.85. The summed E-state index contributed by atoms with van der Waals surface area (Å²) in [5.41, 5.74) is 5.26. The second-order valence-electron chi connectivity index (χ2n) is 3.67. The van der Waals surface area contributed by atoms with Gasteiger partial charge in [0.2, 0.25) is 0 Å². The van der Waals surface area contributed by atoms with Crippen LogP contribution in [0.2, 0.25) is 0 Å². The van der Waals surface area contributed by atoms with E-state index in [0.29, 0.717) is 0 Å². The first-order valence-corrected chi connectivity index (χ1v) is 4.90. The summed E-state index contributed by atoms with van der Waals surface area (Å²) in [4.78, 5) is 0. The van der Waals surface area contributed by atoms with Gasteiger partial charge in [-0.3, -0.25) is 0 Å². The molecule has 1 aromatic carbocycles. The second-order valence-corrected chi connectivity index (χ2v) is 3.67. The molecule has 0 heteroatoms. The molecule has 0 saturated carbocycles. The number of hydrogen-bond acceptors (Lipinski definition) is 0. The predicted molar refractivity (Wildman–Crippen MR) is 59.9 cm³/mol. The third kappa shape index (κ3) is 2.45. The maximum atomic E-state index is 3.94. The van der Waals surface area contributed by atoms with E-state index in [1.54, 1.807) is 0 Å². The lowest BCUT2D eigenvalue weighted by Gasteiger charge is -2.07. The van der Waals surface area contributed by atoms with Crippen molar-refractivity contribution in [2.24, 2.45) is 0 Å². The monoisotopic (exact) mass is 174 g/mol. The van der Waals surface area contributed by atoms with Crippen LogP contribution in [-0.2, 0) is 6.42 Å². The van der Waals surface area contributed by atoms with E-state index in [4.69, 9.17) is 0 Å². The Morgan fingerprint density at radius 2 is 2.08 bits per heavy atom. The molecule has 70 valence electrons. The molecule has 1 rings (SSSR count). The fraction of sp³-hybridized carbons (Fsp3) is 0.385. The summed E-state index contributed by atoms with van der Waals surface area (Å²) in [5.74, 6) is 0. The zero-order chi connectivity index (χ0) is 9.84. The molecule has 0 fully saturated rings. The van der Waals surface area contributed by atoms with Crippen LogP contribution in [0.4, 0.5) is 0 Å². The fourth-order valence-electron chi connectivity index (χ4n) is 1.51. The largest absolute Gasteiger partial charge is 0.0955 e. The first kappa shape index (κ1) is 10.0. The van der Waals surface area contributed by atoms with Gasteiger partial charge in [0.25, 0.3) is 0 Å². The quantitative estimate of drug-likeness (QED) is 0.650. The average Bonchev–Trinajstić information content (AvgIpc) is 2.08. The highest BCUT2D eigenvalue weighted by molar-refractivity contribution is 5.62. The molecule has 0 N–H and O–H groups in total. The van der Waals surface area contributed by atoms with Crippen LogP contribution < -0.4 is 0 Å². The number of allylic oxidation sites excluding steroid dienone is 1. The summed E-state index contributed by atoms with van der Waals surface area (Å²) >= 11 is 0. The van der Waals surface area contributed by atoms with Crippen LogP contribution in [0, 0.1) is 6.92 Å². The molecule has 0 aliphatic rings. The highest BCUT2D eigenvalue weighted by Crippen LogP contribution is 2.17. The van der Waals surface area contributed by atoms with Gasteiger partial charge in [-0.05, 0) is 37.0 Å². The molecule has 0 saturated heterocycles. The lowest BCUT2D eigenvalue weighted by molar-refractivity contribution is 0.912. The third-order valence-electron chi connectivity index (χ3n) is 2.35. The first-order valence-electron chi connectivity index (χ1n) is 4.90. The van der Waals surface area contributed by atoms with E-state index >= 15 is 0 Å². The second kappa shape index (κ2) is 4.27. The van der Waals surface area contributed by atoms with Crippen LogP contribution in [0.5, 0.6) is 0 Å². The van der Waals surface area contributed by atoms with Crippen molar-refractivity contribution in [2.75, 3.05) is 0 Å². The molecule has 0 aromatic heterocycles. The molecule has 0 spiro atoms. The van der Waals surface area contributed by atoms with E-state index in [9.17, 15) is 0 Å². The van der Waals surface area contributed by atoms with Crippen molar-refractivity contribution in [3.05, 3.63) is 41.5 Å². The minimum Gasteiger partial charge on any atom is -0.0955 e. The summed E-state index contributed by atoms with van der Waals surface area (Å²) in [5, 5.41) is 0. The number of aryl methyl sites for hydroxylation is 2. The van der Waals surface area contributed by atoms with Crippen molar-refractivity contribution >= 4 is 5.57 Å². The van der Waals surface area contributed by atoms with E-state index < -0.39 is 0 Å². The lowest BCUT2D eigenvalue weighted by atomic mass is 9.99. The zero-order valence-corrected chi connectivity index (χ0v) is 8.85. The molecule has 0 radical (unpaired) electrons. The number of hydrogen-bond donors (Lipinski definition) is 0. The molecule has 13 heavy (non-hydrogen) atoms. The number of rotatable bonds is 3. The van der Waals surface area contributed by atoms with Crippen LogP contribution in [0.25, 0.3) is 5.57 Å². The van der Waals surface area contributed by atoms with Crippen molar-refractivity contribution in [2.45, 2.75) is 33.6 Å². The topological polar surface area (TPSA) is 0 Å². The highest BCUT2D eigenvalue weighted by atomic mass is 14.0. The van der Waals surface area contributed by atoms with Gasteiger partial charge in [0, 0.05) is 0 Å². The van der Waals surface area contributed by atoms with E-state index in [-0.39, 0.29) is 0 Å². The Balaban J connectivity index is 2.98. The molecule has 0 atom stereocenters. The van der Waals surface area contributed by atoms with Gasteiger partial charge in [-0.1, -0.05) is 43.7 Å². The molecule has 0 heterocycles. The first-order chi connectivity index (χ1) is 6.15. The Labute approximate surface area is 81.3 Å². The molecule has 0 nitrogen and oxygen atoms in total. The molecule has 1 aromatic rings. The van der Waals surface area contributed by atoms with Crippen LogP contribution >= 0.6 is 0 Å². The maximum Gasteiger partial charge on any atom is -0.0230 e. The molecule has 0 unspecified atom stereocenters. The molecular weight excluding hydrogens is 156 g/mol. The van der Waals surface area contributed by atoms with Gasteiger partial charge in [0.05, 0.1) is 0 Å². The number of benzene rings is 1. The molecular formula is C13H18. The summed E-state index contributed by atoms with van der Waals surface area (Å²) in [6, 6.07) is 6.62. The summed E-state index contributed by atoms with van der Waals surface area (Å²) in [7, 11) is 0. The van der Waals surface area contributed by atoms with Crippen molar-refractivity contribution < 1.29 is 0 Å². The summed E-state index contributed by atoms with van der Waals surface area (Å²) < 4.78 is 0. The standard InChI is InChI=1S/C13H18/c1-5-6-12-7-8-13(10(2)3)9-11(12)4/h7-9H,2,5-6H2,1,3-4H3. The molecule has 0 amide bonds. The van der Waals surface area contributed by atoms with Crippen molar-refractivity contribution in [3.63, 3.8) is 0 Å². The Bertz CT molecular complexity index is 308. The Hall–Kier alpha value is -1.04. The Morgan fingerprint density at radius 3 is 2.54 bits per heavy atom. The Morgan fingerprint density at radius 1 is 1.38 bits per heavy atom. The highest BCUT2D eigenvalue weighted by Gasteiger charge is 1.99. The predicted octanol–water partition coefficient (Wildman–Crippen LogP) is 3.98. The smallest absolute Gasteiger partial charge is 0.0230 e. The molecule has 0 bridgehead atoms. The summed E-state index contributed by atoms with van der Waals surface area (Å²) in [6.45, 7) is 10.4. The SMILES string of the molecule is C=C(C)c1ccc(CCC)c(C)c1. The molecule has 0 aliphatic carbocycles. The van der Waals surface area contributed by atoms with Crippen LogP contribution in [0.1, 0.15) is 37.0 Å². The Kier molecular flexibility index (Phi) is 3.30. The average molecular weight is 174 g/mol. The van der Waals surface area contributed by atoms with Gasteiger partial charge in [-0.15, -0.1) is 0 Å². The van der Waals surface area contributed by atoms with Gasteiger partial charge < -0.3 is 0 Å². The van der Waals surface area contributed by atoms with Gasteiger partial charge >= 0.3 is 0 Å². The van der Waals surface area contributed by atoms with Gasteiger partial charge in [0.1, 0.15) is 0 Å². The van der Waals surface area contributed by atoms with Gasteiger partial charge in [-0.2, -0.15) is 0 Å². The minimum atomic E-state index is 1.14. The fourth-order valence-corrected chi connectivity index (χ4v) is 1.51.